The van der Waals surface area contributed by atoms with Gasteiger partial charge in [-0.25, -0.2) is 4.79 Å². The summed E-state index contributed by atoms with van der Waals surface area (Å²) in [6.07, 6.45) is 0. The van der Waals surface area contributed by atoms with Crippen LogP contribution >= 0.6 is 23.4 Å². The van der Waals surface area contributed by atoms with Gasteiger partial charge < -0.3 is 19.5 Å². The third-order valence-electron chi connectivity index (χ3n) is 4.49. The van der Waals surface area contributed by atoms with Gasteiger partial charge in [-0.2, -0.15) is 5.26 Å². The smallest absolute Gasteiger partial charge is 0.338 e. The molecule has 0 saturated carbocycles. The summed E-state index contributed by atoms with van der Waals surface area (Å²) in [6.45, 7) is -0.168. The SMILES string of the molecule is COc1cc(C(=O)OCC(=O)Nc2ccccc2SCC#N)ccc1OCc1ccc(Cl)cc1. The van der Waals surface area contributed by atoms with Crippen molar-refractivity contribution in [3.05, 3.63) is 82.9 Å². The minimum atomic E-state index is -0.676. The number of ether oxygens (including phenoxy) is 3. The zero-order valence-electron chi connectivity index (χ0n) is 18.2. The van der Waals surface area contributed by atoms with E-state index in [2.05, 4.69) is 5.32 Å². The van der Waals surface area contributed by atoms with E-state index in [4.69, 9.17) is 31.1 Å². The topological polar surface area (TPSA) is 97.6 Å². The van der Waals surface area contributed by atoms with E-state index in [0.717, 1.165) is 10.5 Å². The zero-order valence-corrected chi connectivity index (χ0v) is 19.8. The lowest BCUT2D eigenvalue weighted by atomic mass is 10.2. The quantitative estimate of drug-likeness (QED) is 0.299. The van der Waals surface area contributed by atoms with Crippen molar-refractivity contribution in [2.24, 2.45) is 0 Å². The largest absolute Gasteiger partial charge is 0.493 e. The number of nitrogens with one attached hydrogen (secondary N) is 1. The number of amides is 1. The van der Waals surface area contributed by atoms with Crippen molar-refractivity contribution < 1.29 is 23.8 Å². The fourth-order valence-corrected chi connectivity index (χ4v) is 3.66. The Morgan fingerprint density at radius 3 is 2.56 bits per heavy atom. The maximum Gasteiger partial charge on any atom is 0.338 e. The number of halogens is 1. The number of nitriles is 1. The summed E-state index contributed by atoms with van der Waals surface area (Å²) in [5.41, 5.74) is 1.69. The van der Waals surface area contributed by atoms with Crippen molar-refractivity contribution in [2.75, 3.05) is 24.8 Å². The van der Waals surface area contributed by atoms with Gasteiger partial charge in [0.25, 0.3) is 5.91 Å². The first-order chi connectivity index (χ1) is 16.5. The Labute approximate surface area is 206 Å². The molecule has 1 amide bonds. The number of benzene rings is 3. The lowest BCUT2D eigenvalue weighted by molar-refractivity contribution is -0.119. The minimum Gasteiger partial charge on any atom is -0.493 e. The van der Waals surface area contributed by atoms with Gasteiger partial charge in [0.2, 0.25) is 0 Å². The van der Waals surface area contributed by atoms with Crippen LogP contribution in [0.2, 0.25) is 5.02 Å². The molecule has 0 fully saturated rings. The number of para-hydroxylation sites is 1. The highest BCUT2D eigenvalue weighted by molar-refractivity contribution is 7.99. The van der Waals surface area contributed by atoms with Crippen molar-refractivity contribution in [1.82, 2.24) is 0 Å². The number of esters is 1. The lowest BCUT2D eigenvalue weighted by Gasteiger charge is -2.13. The Morgan fingerprint density at radius 1 is 1.06 bits per heavy atom. The van der Waals surface area contributed by atoms with Crippen LogP contribution in [0.4, 0.5) is 5.69 Å². The molecular weight excluding hydrogens is 476 g/mol. The van der Waals surface area contributed by atoms with Gasteiger partial charge in [0, 0.05) is 9.92 Å². The molecular formula is C25H21ClN2O5S. The number of anilines is 1. The van der Waals surface area contributed by atoms with Crippen molar-refractivity contribution >= 4 is 40.9 Å². The maximum atomic E-state index is 12.4. The summed E-state index contributed by atoms with van der Waals surface area (Å²) in [5.74, 6) is -0.101. The minimum absolute atomic E-state index is 0.216. The summed E-state index contributed by atoms with van der Waals surface area (Å²) in [5, 5.41) is 12.1. The van der Waals surface area contributed by atoms with Gasteiger partial charge in [-0.1, -0.05) is 35.9 Å². The second-order valence-electron chi connectivity index (χ2n) is 6.85. The fraction of sp³-hybridized carbons (Fsp3) is 0.160. The molecule has 3 aromatic carbocycles. The predicted octanol–water partition coefficient (Wildman–Crippen LogP) is 5.34. The van der Waals surface area contributed by atoms with E-state index >= 15 is 0 Å². The maximum absolute atomic E-state index is 12.4. The van der Waals surface area contributed by atoms with Crippen LogP contribution in [-0.2, 0) is 16.1 Å². The van der Waals surface area contributed by atoms with E-state index in [1.807, 2.05) is 24.3 Å². The third-order valence-corrected chi connectivity index (χ3v) is 5.69. The van der Waals surface area contributed by atoms with Gasteiger partial charge in [0.15, 0.2) is 18.1 Å². The van der Waals surface area contributed by atoms with Crippen molar-refractivity contribution in [3.8, 4) is 17.6 Å². The van der Waals surface area contributed by atoms with Crippen LogP contribution in [0.1, 0.15) is 15.9 Å². The molecule has 0 unspecified atom stereocenters. The molecule has 0 aliphatic rings. The Hall–Kier alpha value is -3.67. The van der Waals surface area contributed by atoms with Crippen molar-refractivity contribution in [1.29, 1.82) is 5.26 Å². The number of nitrogens with zero attached hydrogens (tertiary/aromatic N) is 1. The normalized spacial score (nSPS) is 10.1. The molecule has 9 heteroatoms. The van der Waals surface area contributed by atoms with Crippen LogP contribution in [0, 0.1) is 11.3 Å². The van der Waals surface area contributed by atoms with Crippen LogP contribution in [-0.4, -0.2) is 31.3 Å². The Balaban J connectivity index is 1.57. The highest BCUT2D eigenvalue weighted by Crippen LogP contribution is 2.29. The van der Waals surface area contributed by atoms with E-state index < -0.39 is 18.5 Å². The number of hydrogen-bond donors (Lipinski definition) is 1. The third kappa shape index (κ3) is 7.17. The van der Waals surface area contributed by atoms with E-state index in [9.17, 15) is 9.59 Å². The molecule has 174 valence electrons. The Morgan fingerprint density at radius 2 is 1.82 bits per heavy atom. The molecule has 0 saturated heterocycles. The first-order valence-electron chi connectivity index (χ1n) is 10.1. The number of hydrogen-bond acceptors (Lipinski definition) is 7. The van der Waals surface area contributed by atoms with E-state index in [0.29, 0.717) is 28.8 Å². The van der Waals surface area contributed by atoms with Crippen LogP contribution in [0.25, 0.3) is 0 Å². The molecule has 0 atom stereocenters. The van der Waals surface area contributed by atoms with Crippen LogP contribution in [0.15, 0.2) is 71.6 Å². The molecule has 0 aliphatic carbocycles. The first kappa shape index (κ1) is 25.0. The van der Waals surface area contributed by atoms with Crippen molar-refractivity contribution in [3.63, 3.8) is 0 Å². The van der Waals surface area contributed by atoms with Gasteiger partial charge >= 0.3 is 5.97 Å². The molecule has 1 N–H and O–H groups in total. The summed E-state index contributed by atoms with van der Waals surface area (Å²) in [7, 11) is 1.47. The second kappa shape index (κ2) is 12.5. The summed E-state index contributed by atoms with van der Waals surface area (Å²) in [6, 6.07) is 21.0. The molecule has 0 bridgehead atoms. The summed E-state index contributed by atoms with van der Waals surface area (Å²) >= 11 is 7.20. The van der Waals surface area contributed by atoms with Crippen LogP contribution < -0.4 is 14.8 Å². The van der Waals surface area contributed by atoms with Gasteiger partial charge in [0.1, 0.15) is 6.61 Å². The molecule has 34 heavy (non-hydrogen) atoms. The Bertz CT molecular complexity index is 1190. The van der Waals surface area contributed by atoms with Crippen LogP contribution in [0.5, 0.6) is 11.5 Å². The number of methoxy groups -OCH3 is 1. The van der Waals surface area contributed by atoms with E-state index in [1.54, 1.807) is 36.4 Å². The van der Waals surface area contributed by atoms with E-state index in [1.165, 1.54) is 31.0 Å². The number of thioether (sulfide) groups is 1. The van der Waals surface area contributed by atoms with Crippen molar-refractivity contribution in [2.45, 2.75) is 11.5 Å². The summed E-state index contributed by atoms with van der Waals surface area (Å²) in [4.78, 5) is 25.5. The molecule has 0 aliphatic heterocycles. The molecule has 7 nitrogen and oxygen atoms in total. The zero-order chi connectivity index (χ0) is 24.3. The molecule has 0 radical (unpaired) electrons. The molecule has 3 aromatic rings. The first-order valence-corrected chi connectivity index (χ1v) is 11.5. The molecule has 3 rings (SSSR count). The monoisotopic (exact) mass is 496 g/mol. The Kier molecular flexibility index (Phi) is 9.21. The average molecular weight is 497 g/mol. The number of carbonyl (C=O) groups excluding carboxylic acids is 2. The van der Waals surface area contributed by atoms with Gasteiger partial charge in [0.05, 0.1) is 30.2 Å². The lowest BCUT2D eigenvalue weighted by Crippen LogP contribution is -2.21. The highest BCUT2D eigenvalue weighted by atomic mass is 35.5. The number of carbonyl (C=O) groups is 2. The van der Waals surface area contributed by atoms with Gasteiger partial charge in [-0.05, 0) is 48.0 Å². The predicted molar refractivity (Wildman–Crippen MR) is 130 cm³/mol. The van der Waals surface area contributed by atoms with Crippen LogP contribution in [0.3, 0.4) is 0 Å². The van der Waals surface area contributed by atoms with E-state index in [-0.39, 0.29) is 11.3 Å². The fourth-order valence-electron chi connectivity index (χ4n) is 2.86. The van der Waals surface area contributed by atoms with Gasteiger partial charge in [-0.15, -0.1) is 11.8 Å². The molecule has 0 aromatic heterocycles. The second-order valence-corrected chi connectivity index (χ2v) is 8.30. The standard InChI is InChI=1S/C25H21ClN2O5S/c1-31-22-14-18(8-11-21(22)32-15-17-6-9-19(26)10-7-17)25(30)33-16-24(29)28-20-4-2-3-5-23(20)34-13-12-27/h2-11,14H,13,15-16H2,1H3,(H,28,29). The molecule has 0 heterocycles. The number of rotatable bonds is 10. The summed E-state index contributed by atoms with van der Waals surface area (Å²) < 4.78 is 16.3. The van der Waals surface area contributed by atoms with Gasteiger partial charge in [-0.3, -0.25) is 4.79 Å². The average Bonchev–Trinajstić information content (AvgIpc) is 2.86. The highest BCUT2D eigenvalue weighted by Gasteiger charge is 2.15. The molecule has 0 spiro atoms.